The highest BCUT2D eigenvalue weighted by Crippen LogP contribution is 2.17. The molecule has 1 aromatic carbocycles. The molecule has 0 fully saturated rings. The van der Waals surface area contributed by atoms with Gasteiger partial charge in [0.25, 0.3) is 0 Å². The highest BCUT2D eigenvalue weighted by atomic mass is 16.5. The van der Waals surface area contributed by atoms with Crippen LogP contribution in [-0.2, 0) is 4.74 Å². The van der Waals surface area contributed by atoms with E-state index in [9.17, 15) is 0 Å². The minimum absolute atomic E-state index is 0.680. The lowest BCUT2D eigenvalue weighted by Gasteiger charge is -2.08. The van der Waals surface area contributed by atoms with Crippen molar-refractivity contribution in [2.45, 2.75) is 26.7 Å². The van der Waals surface area contributed by atoms with Crippen molar-refractivity contribution in [3.63, 3.8) is 0 Å². The summed E-state index contributed by atoms with van der Waals surface area (Å²) in [5.74, 6) is 1.76. The Morgan fingerprint density at radius 3 is 2.15 bits per heavy atom. The van der Waals surface area contributed by atoms with Gasteiger partial charge in [-0.25, -0.2) is 0 Å². The summed E-state index contributed by atoms with van der Waals surface area (Å²) in [6, 6.07) is 7.74. The van der Waals surface area contributed by atoms with Gasteiger partial charge in [-0.1, -0.05) is 0 Å². The Labute approximate surface area is 122 Å². The molecule has 1 aromatic rings. The number of benzene rings is 1. The van der Waals surface area contributed by atoms with E-state index in [2.05, 4.69) is 5.32 Å². The molecule has 4 heteroatoms. The lowest BCUT2D eigenvalue weighted by atomic mass is 10.3. The number of hydrogen-bond donors (Lipinski definition) is 1. The molecule has 0 aliphatic rings. The quantitative estimate of drug-likeness (QED) is 0.598. The maximum Gasteiger partial charge on any atom is 0.119 e. The third-order valence-electron chi connectivity index (χ3n) is 2.78. The molecule has 0 aliphatic carbocycles. The molecule has 0 heterocycles. The number of hydrogen-bond acceptors (Lipinski definition) is 4. The zero-order valence-corrected chi connectivity index (χ0v) is 12.7. The highest BCUT2D eigenvalue weighted by molar-refractivity contribution is 5.31. The number of nitrogens with one attached hydrogen (secondary N) is 1. The minimum atomic E-state index is 0.680. The smallest absolute Gasteiger partial charge is 0.119 e. The maximum absolute atomic E-state index is 5.64. The first-order valence-corrected chi connectivity index (χ1v) is 7.51. The molecule has 20 heavy (non-hydrogen) atoms. The Kier molecular flexibility index (Phi) is 9.70. The van der Waals surface area contributed by atoms with Crippen molar-refractivity contribution < 1.29 is 14.2 Å². The average Bonchev–Trinajstić information content (AvgIpc) is 2.47. The van der Waals surface area contributed by atoms with Crippen molar-refractivity contribution in [1.82, 2.24) is 5.32 Å². The molecule has 0 spiro atoms. The van der Waals surface area contributed by atoms with E-state index in [1.54, 1.807) is 0 Å². The second-order valence-corrected chi connectivity index (χ2v) is 4.41. The van der Waals surface area contributed by atoms with Crippen LogP contribution >= 0.6 is 0 Å². The second-order valence-electron chi connectivity index (χ2n) is 4.41. The molecule has 0 saturated heterocycles. The molecule has 0 unspecified atom stereocenters. The SMILES string of the molecule is CCOCCCCNCCOc1ccc(OCC)cc1. The summed E-state index contributed by atoms with van der Waals surface area (Å²) in [5, 5.41) is 3.36. The van der Waals surface area contributed by atoms with Crippen LogP contribution < -0.4 is 14.8 Å². The standard InChI is InChI=1S/C16H27NO3/c1-3-18-13-6-5-11-17-12-14-20-16-9-7-15(8-10-16)19-4-2/h7-10,17H,3-6,11-14H2,1-2H3. The molecule has 0 amide bonds. The third kappa shape index (κ3) is 8.02. The normalized spacial score (nSPS) is 10.5. The molecular formula is C16H27NO3. The zero-order chi connectivity index (χ0) is 14.5. The Morgan fingerprint density at radius 1 is 0.800 bits per heavy atom. The maximum atomic E-state index is 5.64. The Hall–Kier alpha value is -1.26. The van der Waals surface area contributed by atoms with Crippen molar-refractivity contribution in [2.75, 3.05) is 39.5 Å². The Bertz CT molecular complexity index is 327. The van der Waals surface area contributed by atoms with Crippen LogP contribution in [0.4, 0.5) is 0 Å². The Morgan fingerprint density at radius 2 is 1.50 bits per heavy atom. The fourth-order valence-corrected chi connectivity index (χ4v) is 1.76. The molecule has 0 atom stereocenters. The molecular weight excluding hydrogens is 254 g/mol. The Balaban J connectivity index is 1.98. The molecule has 0 radical (unpaired) electrons. The summed E-state index contributed by atoms with van der Waals surface area (Å²) in [5.41, 5.74) is 0. The fraction of sp³-hybridized carbons (Fsp3) is 0.625. The van der Waals surface area contributed by atoms with Crippen LogP contribution in [0.15, 0.2) is 24.3 Å². The van der Waals surface area contributed by atoms with Crippen LogP contribution in [0.5, 0.6) is 11.5 Å². The summed E-state index contributed by atoms with van der Waals surface area (Å²) in [7, 11) is 0. The molecule has 1 N–H and O–H groups in total. The molecule has 4 nitrogen and oxygen atoms in total. The first-order valence-electron chi connectivity index (χ1n) is 7.51. The summed E-state index contributed by atoms with van der Waals surface area (Å²) in [6.45, 7) is 8.92. The fourth-order valence-electron chi connectivity index (χ4n) is 1.76. The van der Waals surface area contributed by atoms with E-state index in [0.717, 1.165) is 50.6 Å². The monoisotopic (exact) mass is 281 g/mol. The predicted octanol–water partition coefficient (Wildman–Crippen LogP) is 2.87. The highest BCUT2D eigenvalue weighted by Gasteiger charge is 1.96. The largest absolute Gasteiger partial charge is 0.494 e. The van der Waals surface area contributed by atoms with Gasteiger partial charge in [-0.15, -0.1) is 0 Å². The molecule has 114 valence electrons. The van der Waals surface area contributed by atoms with Crippen LogP contribution in [0.25, 0.3) is 0 Å². The van der Waals surface area contributed by atoms with Gasteiger partial charge in [0.1, 0.15) is 18.1 Å². The second kappa shape index (κ2) is 11.6. The summed E-state index contributed by atoms with van der Waals surface area (Å²) in [6.07, 6.45) is 2.25. The van der Waals surface area contributed by atoms with E-state index in [4.69, 9.17) is 14.2 Å². The van der Waals surface area contributed by atoms with Gasteiger partial charge >= 0.3 is 0 Å². The van der Waals surface area contributed by atoms with Gasteiger partial charge in [0.15, 0.2) is 0 Å². The van der Waals surface area contributed by atoms with E-state index < -0.39 is 0 Å². The average molecular weight is 281 g/mol. The van der Waals surface area contributed by atoms with Gasteiger partial charge in [0, 0.05) is 19.8 Å². The van der Waals surface area contributed by atoms with Crippen molar-refractivity contribution in [3.05, 3.63) is 24.3 Å². The number of rotatable bonds is 12. The van der Waals surface area contributed by atoms with Gasteiger partial charge in [0.2, 0.25) is 0 Å². The van der Waals surface area contributed by atoms with Crippen LogP contribution in [0, 0.1) is 0 Å². The van der Waals surface area contributed by atoms with E-state index >= 15 is 0 Å². The lowest BCUT2D eigenvalue weighted by molar-refractivity contribution is 0.143. The van der Waals surface area contributed by atoms with Crippen LogP contribution in [-0.4, -0.2) is 39.5 Å². The van der Waals surface area contributed by atoms with Crippen LogP contribution in [0.2, 0.25) is 0 Å². The third-order valence-corrected chi connectivity index (χ3v) is 2.78. The van der Waals surface area contributed by atoms with Gasteiger partial charge < -0.3 is 19.5 Å². The molecule has 0 aromatic heterocycles. The van der Waals surface area contributed by atoms with Gasteiger partial charge in [-0.05, 0) is 57.5 Å². The summed E-state index contributed by atoms with van der Waals surface area (Å²) in [4.78, 5) is 0. The van der Waals surface area contributed by atoms with Crippen molar-refractivity contribution in [1.29, 1.82) is 0 Å². The zero-order valence-electron chi connectivity index (χ0n) is 12.7. The number of ether oxygens (including phenoxy) is 3. The van der Waals surface area contributed by atoms with E-state index in [1.165, 1.54) is 0 Å². The van der Waals surface area contributed by atoms with Gasteiger partial charge in [-0.3, -0.25) is 0 Å². The van der Waals surface area contributed by atoms with Crippen molar-refractivity contribution in [3.8, 4) is 11.5 Å². The first-order chi connectivity index (χ1) is 9.86. The van der Waals surface area contributed by atoms with Crippen molar-refractivity contribution in [2.24, 2.45) is 0 Å². The topological polar surface area (TPSA) is 39.7 Å². The van der Waals surface area contributed by atoms with E-state index in [-0.39, 0.29) is 0 Å². The lowest BCUT2D eigenvalue weighted by Crippen LogP contribution is -2.22. The molecule has 0 aliphatic heterocycles. The summed E-state index contributed by atoms with van der Waals surface area (Å²) < 4.78 is 16.3. The van der Waals surface area contributed by atoms with Crippen molar-refractivity contribution >= 4 is 0 Å². The van der Waals surface area contributed by atoms with Crippen LogP contribution in [0.1, 0.15) is 26.7 Å². The van der Waals surface area contributed by atoms with E-state index in [0.29, 0.717) is 13.2 Å². The molecule has 0 saturated carbocycles. The molecule has 1 rings (SSSR count). The van der Waals surface area contributed by atoms with Gasteiger partial charge in [0.05, 0.1) is 6.61 Å². The number of unbranched alkanes of at least 4 members (excludes halogenated alkanes) is 1. The molecule has 0 bridgehead atoms. The minimum Gasteiger partial charge on any atom is -0.494 e. The predicted molar refractivity (Wildman–Crippen MR) is 81.7 cm³/mol. The van der Waals surface area contributed by atoms with Gasteiger partial charge in [-0.2, -0.15) is 0 Å². The van der Waals surface area contributed by atoms with E-state index in [1.807, 2.05) is 38.1 Å². The first kappa shape index (κ1) is 16.8. The summed E-state index contributed by atoms with van der Waals surface area (Å²) >= 11 is 0. The van der Waals surface area contributed by atoms with Crippen LogP contribution in [0.3, 0.4) is 0 Å².